The molecule has 0 heterocycles. The van der Waals surface area contributed by atoms with Crippen LogP contribution in [0.4, 0.5) is 13.2 Å². The number of hydrogen-bond donors (Lipinski definition) is 1. The second-order valence-electron chi connectivity index (χ2n) is 3.87. The van der Waals surface area contributed by atoms with Crippen LogP contribution in [0.25, 0.3) is 0 Å². The van der Waals surface area contributed by atoms with Crippen LogP contribution in [-0.2, 0) is 22.1 Å². The molecule has 3 nitrogen and oxygen atoms in total. The Labute approximate surface area is 113 Å². The number of nitrogens with two attached hydrogens (primary N) is 1. The van der Waals surface area contributed by atoms with E-state index in [-0.39, 0.29) is 23.6 Å². The smallest absolute Gasteiger partial charge is 0.416 e. The summed E-state index contributed by atoms with van der Waals surface area (Å²) in [6, 6.07) is 1.86. The Balaban J connectivity index is 2.91. The van der Waals surface area contributed by atoms with Gasteiger partial charge in [-0.3, -0.25) is 4.79 Å². The van der Waals surface area contributed by atoms with Gasteiger partial charge in [0.25, 0.3) is 0 Å². The van der Waals surface area contributed by atoms with Gasteiger partial charge >= 0.3 is 12.1 Å². The second kappa shape index (κ2) is 6.25. The molecule has 1 aromatic rings. The van der Waals surface area contributed by atoms with Crippen molar-refractivity contribution in [3.05, 3.63) is 34.3 Å². The van der Waals surface area contributed by atoms with Gasteiger partial charge in [-0.2, -0.15) is 13.2 Å². The molecule has 7 heteroatoms. The molecule has 1 unspecified atom stereocenters. The fraction of sp³-hybridized carbons (Fsp3) is 0.417. The Morgan fingerprint density at radius 1 is 1.47 bits per heavy atom. The summed E-state index contributed by atoms with van der Waals surface area (Å²) in [7, 11) is 0. The van der Waals surface area contributed by atoms with Gasteiger partial charge in [0.1, 0.15) is 6.04 Å². The maximum atomic E-state index is 12.6. The van der Waals surface area contributed by atoms with Crippen LogP contribution in [0.1, 0.15) is 18.1 Å². The number of hydrogen-bond acceptors (Lipinski definition) is 3. The Hall–Kier alpha value is -1.27. The third-order valence-electron chi connectivity index (χ3n) is 2.40. The predicted molar refractivity (Wildman–Crippen MR) is 64.8 cm³/mol. The highest BCUT2D eigenvalue weighted by Gasteiger charge is 2.31. The molecule has 0 bridgehead atoms. The van der Waals surface area contributed by atoms with E-state index in [2.05, 4.69) is 4.74 Å². The molecular weight excluding hydrogens is 283 g/mol. The largest absolute Gasteiger partial charge is 0.465 e. The number of carbonyl (C=O) groups excluding carboxylic acids is 1. The van der Waals surface area contributed by atoms with Crippen LogP contribution in [0.5, 0.6) is 0 Å². The number of esters is 1. The molecule has 106 valence electrons. The number of alkyl halides is 3. The molecule has 1 rings (SSSR count). The highest BCUT2D eigenvalue weighted by molar-refractivity contribution is 6.31. The van der Waals surface area contributed by atoms with Gasteiger partial charge in [0.2, 0.25) is 0 Å². The summed E-state index contributed by atoms with van der Waals surface area (Å²) in [5, 5.41) is 0.132. The minimum absolute atomic E-state index is 0.110. The molecule has 0 aromatic heterocycles. The van der Waals surface area contributed by atoms with Crippen molar-refractivity contribution in [1.82, 2.24) is 0 Å². The molecule has 0 saturated carbocycles. The Morgan fingerprint density at radius 2 is 2.11 bits per heavy atom. The molecule has 0 aliphatic rings. The van der Waals surface area contributed by atoms with E-state index < -0.39 is 23.8 Å². The SMILES string of the molecule is CCOC(=O)C(N)Cc1cc(C(F)(F)F)ccc1Cl. The zero-order valence-corrected chi connectivity index (χ0v) is 10.9. The van der Waals surface area contributed by atoms with E-state index in [1.165, 1.54) is 0 Å². The average molecular weight is 296 g/mol. The quantitative estimate of drug-likeness (QED) is 0.869. The first kappa shape index (κ1) is 15.8. The third-order valence-corrected chi connectivity index (χ3v) is 2.77. The van der Waals surface area contributed by atoms with Gasteiger partial charge in [0, 0.05) is 5.02 Å². The lowest BCUT2D eigenvalue weighted by molar-refractivity contribution is -0.144. The monoisotopic (exact) mass is 295 g/mol. The fourth-order valence-electron chi connectivity index (χ4n) is 1.48. The van der Waals surface area contributed by atoms with Crippen molar-refractivity contribution in [3.63, 3.8) is 0 Å². The predicted octanol–water partition coefficient (Wildman–Crippen LogP) is 2.79. The Kier molecular flexibility index (Phi) is 5.20. The van der Waals surface area contributed by atoms with Crippen LogP contribution in [-0.4, -0.2) is 18.6 Å². The minimum atomic E-state index is -4.46. The summed E-state index contributed by atoms with van der Waals surface area (Å²) >= 11 is 5.80. The standard InChI is InChI=1S/C12H13ClF3NO2/c1-2-19-11(18)10(17)6-7-5-8(12(14,15)16)3-4-9(7)13/h3-5,10H,2,6,17H2,1H3. The van der Waals surface area contributed by atoms with Crippen molar-refractivity contribution >= 4 is 17.6 Å². The molecule has 1 atom stereocenters. The average Bonchev–Trinajstić information content (AvgIpc) is 2.30. The molecule has 1 aromatic carbocycles. The summed E-state index contributed by atoms with van der Waals surface area (Å²) in [5.74, 6) is -0.670. The van der Waals surface area contributed by atoms with Crippen molar-refractivity contribution in [2.45, 2.75) is 25.6 Å². The lowest BCUT2D eigenvalue weighted by Crippen LogP contribution is -2.34. The van der Waals surface area contributed by atoms with E-state index in [9.17, 15) is 18.0 Å². The van der Waals surface area contributed by atoms with Crippen molar-refractivity contribution in [2.75, 3.05) is 6.61 Å². The van der Waals surface area contributed by atoms with Crippen molar-refractivity contribution < 1.29 is 22.7 Å². The van der Waals surface area contributed by atoms with Crippen LogP contribution in [0.2, 0.25) is 5.02 Å². The molecule has 0 saturated heterocycles. The number of carbonyl (C=O) groups is 1. The van der Waals surface area contributed by atoms with E-state index in [1.807, 2.05) is 0 Å². The van der Waals surface area contributed by atoms with E-state index in [1.54, 1.807) is 6.92 Å². The highest BCUT2D eigenvalue weighted by Crippen LogP contribution is 2.32. The second-order valence-corrected chi connectivity index (χ2v) is 4.27. The first-order valence-corrected chi connectivity index (χ1v) is 5.91. The lowest BCUT2D eigenvalue weighted by Gasteiger charge is -2.14. The van der Waals surface area contributed by atoms with E-state index in [0.717, 1.165) is 18.2 Å². The number of rotatable bonds is 4. The first-order chi connectivity index (χ1) is 8.75. The van der Waals surface area contributed by atoms with Crippen LogP contribution in [0.15, 0.2) is 18.2 Å². The lowest BCUT2D eigenvalue weighted by atomic mass is 10.0. The summed E-state index contributed by atoms with van der Waals surface area (Å²) in [6.07, 6.45) is -4.57. The molecule has 0 aliphatic carbocycles. The van der Waals surface area contributed by atoms with Gasteiger partial charge in [-0.25, -0.2) is 0 Å². The number of halogens is 4. The van der Waals surface area contributed by atoms with Crippen molar-refractivity contribution in [1.29, 1.82) is 0 Å². The van der Waals surface area contributed by atoms with E-state index in [0.29, 0.717) is 0 Å². The molecule has 0 spiro atoms. The van der Waals surface area contributed by atoms with Crippen molar-refractivity contribution in [3.8, 4) is 0 Å². The zero-order valence-electron chi connectivity index (χ0n) is 10.1. The topological polar surface area (TPSA) is 52.3 Å². The molecule has 0 radical (unpaired) electrons. The zero-order chi connectivity index (χ0) is 14.6. The number of ether oxygens (including phenoxy) is 1. The van der Waals surface area contributed by atoms with E-state index >= 15 is 0 Å². The normalized spacial score (nSPS) is 13.2. The van der Waals surface area contributed by atoms with Gasteiger partial charge in [-0.05, 0) is 37.1 Å². The molecular formula is C12H13ClF3NO2. The first-order valence-electron chi connectivity index (χ1n) is 5.53. The fourth-order valence-corrected chi connectivity index (χ4v) is 1.67. The van der Waals surface area contributed by atoms with E-state index in [4.69, 9.17) is 17.3 Å². The van der Waals surface area contributed by atoms with Crippen LogP contribution in [0, 0.1) is 0 Å². The summed E-state index contributed by atoms with van der Waals surface area (Å²) < 4.78 is 42.3. The maximum absolute atomic E-state index is 12.6. The van der Waals surface area contributed by atoms with Crippen LogP contribution < -0.4 is 5.73 Å². The van der Waals surface area contributed by atoms with Gasteiger partial charge in [-0.1, -0.05) is 11.6 Å². The number of benzene rings is 1. The maximum Gasteiger partial charge on any atom is 0.416 e. The molecule has 0 aliphatic heterocycles. The summed E-state index contributed by atoms with van der Waals surface area (Å²) in [4.78, 5) is 11.3. The highest BCUT2D eigenvalue weighted by atomic mass is 35.5. The Bertz CT molecular complexity index is 463. The van der Waals surface area contributed by atoms with Gasteiger partial charge in [-0.15, -0.1) is 0 Å². The van der Waals surface area contributed by atoms with Gasteiger partial charge < -0.3 is 10.5 Å². The van der Waals surface area contributed by atoms with Gasteiger partial charge in [0.05, 0.1) is 12.2 Å². The third kappa shape index (κ3) is 4.40. The molecule has 0 amide bonds. The van der Waals surface area contributed by atoms with Gasteiger partial charge in [0.15, 0.2) is 0 Å². The molecule has 0 fully saturated rings. The molecule has 2 N–H and O–H groups in total. The summed E-state index contributed by atoms with van der Waals surface area (Å²) in [6.45, 7) is 1.77. The Morgan fingerprint density at radius 3 is 2.63 bits per heavy atom. The van der Waals surface area contributed by atoms with Crippen molar-refractivity contribution in [2.24, 2.45) is 5.73 Å². The minimum Gasteiger partial charge on any atom is -0.465 e. The van der Waals surface area contributed by atoms with Crippen LogP contribution >= 0.6 is 11.6 Å². The molecule has 19 heavy (non-hydrogen) atoms. The van der Waals surface area contributed by atoms with Crippen LogP contribution in [0.3, 0.4) is 0 Å². The summed E-state index contributed by atoms with van der Waals surface area (Å²) in [5.41, 5.74) is 4.88.